The van der Waals surface area contributed by atoms with Gasteiger partial charge in [-0.05, 0) is 17.7 Å². The third-order valence-electron chi connectivity index (χ3n) is 3.04. The van der Waals surface area contributed by atoms with Gasteiger partial charge in [-0.3, -0.25) is 0 Å². The van der Waals surface area contributed by atoms with Crippen LogP contribution in [0, 0.1) is 5.41 Å². The molecule has 1 fully saturated rings. The van der Waals surface area contributed by atoms with E-state index in [9.17, 15) is 13.6 Å². The molecule has 7 heteroatoms. The second kappa shape index (κ2) is 6.26. The Balaban J connectivity index is 0.00000200. The molecule has 2 rings (SSSR count). The van der Waals surface area contributed by atoms with E-state index in [1.165, 1.54) is 12.1 Å². The van der Waals surface area contributed by atoms with Crippen molar-refractivity contribution >= 4 is 18.5 Å². The molecule has 0 radical (unpaired) electrons. The van der Waals surface area contributed by atoms with E-state index < -0.39 is 12.7 Å². The predicted molar refractivity (Wildman–Crippen MR) is 71.3 cm³/mol. The van der Waals surface area contributed by atoms with Gasteiger partial charge in [0.1, 0.15) is 12.4 Å². The van der Waals surface area contributed by atoms with Gasteiger partial charge in [-0.1, -0.05) is 26.0 Å². The standard InChI is InChI=1S/C13H15F2NO3.ClH/c1-13(2)7-18-12(17)16-10(13)8-4-3-5-9(6-8)19-11(14)15;/h3-6,10-11H,7H2,1-2H3,(H,16,17);1H/t10-;/m0./s1. The van der Waals surface area contributed by atoms with Crippen LogP contribution in [0.4, 0.5) is 13.6 Å². The van der Waals surface area contributed by atoms with Crippen molar-refractivity contribution in [3.63, 3.8) is 0 Å². The molecule has 1 amide bonds. The largest absolute Gasteiger partial charge is 0.449 e. The van der Waals surface area contributed by atoms with E-state index in [0.29, 0.717) is 5.56 Å². The lowest BCUT2D eigenvalue weighted by Crippen LogP contribution is -2.46. The maximum atomic E-state index is 12.2. The lowest BCUT2D eigenvalue weighted by Gasteiger charge is -2.38. The summed E-state index contributed by atoms with van der Waals surface area (Å²) in [4.78, 5) is 11.3. The topological polar surface area (TPSA) is 47.6 Å². The van der Waals surface area contributed by atoms with Crippen molar-refractivity contribution in [3.8, 4) is 5.75 Å². The first-order valence-electron chi connectivity index (χ1n) is 5.86. The van der Waals surface area contributed by atoms with Crippen LogP contribution in [0.25, 0.3) is 0 Å². The van der Waals surface area contributed by atoms with Gasteiger partial charge in [0.05, 0.1) is 6.04 Å². The number of cyclic esters (lactones) is 1. The summed E-state index contributed by atoms with van der Waals surface area (Å²) in [6.07, 6.45) is -0.510. The number of carbonyl (C=O) groups is 1. The number of amides is 1. The third kappa shape index (κ3) is 3.72. The molecule has 1 aliphatic heterocycles. The van der Waals surface area contributed by atoms with Crippen molar-refractivity contribution in [2.24, 2.45) is 5.41 Å². The summed E-state index contributed by atoms with van der Waals surface area (Å²) in [5, 5.41) is 2.70. The second-order valence-corrected chi connectivity index (χ2v) is 5.09. The fourth-order valence-electron chi connectivity index (χ4n) is 2.09. The van der Waals surface area contributed by atoms with Crippen LogP contribution in [0.3, 0.4) is 0 Å². The molecule has 0 saturated carbocycles. The van der Waals surface area contributed by atoms with Gasteiger partial charge in [0.25, 0.3) is 0 Å². The molecular weight excluding hydrogens is 292 g/mol. The molecule has 0 spiro atoms. The number of hydrogen-bond acceptors (Lipinski definition) is 3. The molecule has 1 aliphatic rings. The summed E-state index contributed by atoms with van der Waals surface area (Å²) in [5.41, 5.74) is 0.372. The Hall–Kier alpha value is -1.56. The lowest BCUT2D eigenvalue weighted by molar-refractivity contribution is -0.0500. The average molecular weight is 308 g/mol. The summed E-state index contributed by atoms with van der Waals surface area (Å²) in [7, 11) is 0. The Labute approximate surface area is 121 Å². The highest BCUT2D eigenvalue weighted by molar-refractivity contribution is 5.85. The highest BCUT2D eigenvalue weighted by Gasteiger charge is 2.37. The lowest BCUT2D eigenvalue weighted by atomic mass is 9.80. The van der Waals surface area contributed by atoms with Crippen molar-refractivity contribution < 1.29 is 23.0 Å². The Morgan fingerprint density at radius 2 is 2.15 bits per heavy atom. The van der Waals surface area contributed by atoms with Crippen LogP contribution >= 0.6 is 12.4 Å². The summed E-state index contributed by atoms with van der Waals surface area (Å²) >= 11 is 0. The number of halogens is 3. The molecule has 4 nitrogen and oxygen atoms in total. The van der Waals surface area contributed by atoms with Crippen LogP contribution in [0.15, 0.2) is 24.3 Å². The molecule has 0 bridgehead atoms. The zero-order valence-corrected chi connectivity index (χ0v) is 11.9. The van der Waals surface area contributed by atoms with E-state index >= 15 is 0 Å². The van der Waals surface area contributed by atoms with Crippen LogP contribution in [0.2, 0.25) is 0 Å². The number of alkyl halides is 2. The van der Waals surface area contributed by atoms with Crippen molar-refractivity contribution in [1.82, 2.24) is 5.32 Å². The van der Waals surface area contributed by atoms with Crippen LogP contribution in [0.1, 0.15) is 25.5 Å². The number of rotatable bonds is 3. The van der Waals surface area contributed by atoms with Crippen LogP contribution < -0.4 is 10.1 Å². The van der Waals surface area contributed by atoms with E-state index in [4.69, 9.17) is 4.74 Å². The van der Waals surface area contributed by atoms with Gasteiger partial charge in [0, 0.05) is 5.41 Å². The van der Waals surface area contributed by atoms with Gasteiger partial charge in [-0.15, -0.1) is 12.4 Å². The second-order valence-electron chi connectivity index (χ2n) is 5.09. The minimum atomic E-state index is -2.87. The van der Waals surface area contributed by atoms with Gasteiger partial charge in [-0.2, -0.15) is 8.78 Å². The number of nitrogens with one attached hydrogen (secondary N) is 1. The van der Waals surface area contributed by atoms with E-state index in [2.05, 4.69) is 10.1 Å². The maximum absolute atomic E-state index is 12.2. The summed E-state index contributed by atoms with van der Waals surface area (Å²) in [5.74, 6) is 0.0732. The number of alkyl carbamates (subject to hydrolysis) is 1. The fourth-order valence-corrected chi connectivity index (χ4v) is 2.09. The van der Waals surface area contributed by atoms with Crippen molar-refractivity contribution in [1.29, 1.82) is 0 Å². The maximum Gasteiger partial charge on any atom is 0.407 e. The summed E-state index contributed by atoms with van der Waals surface area (Å²) < 4.78 is 33.7. The Bertz CT molecular complexity index is 482. The molecule has 1 atom stereocenters. The van der Waals surface area contributed by atoms with Gasteiger partial charge in [0.15, 0.2) is 0 Å². The number of benzene rings is 1. The Kier molecular flexibility index (Phi) is 5.16. The first kappa shape index (κ1) is 16.5. The van der Waals surface area contributed by atoms with Crippen LogP contribution in [-0.2, 0) is 4.74 Å². The summed E-state index contributed by atoms with van der Waals surface area (Å²) in [6.45, 7) is 1.26. The molecule has 1 heterocycles. The molecule has 1 aromatic carbocycles. The van der Waals surface area contributed by atoms with Crippen LogP contribution in [-0.4, -0.2) is 19.3 Å². The van der Waals surface area contributed by atoms with Crippen molar-refractivity contribution in [3.05, 3.63) is 29.8 Å². The molecule has 1 aromatic rings. The monoisotopic (exact) mass is 307 g/mol. The van der Waals surface area contributed by atoms with Gasteiger partial charge >= 0.3 is 12.7 Å². The van der Waals surface area contributed by atoms with Gasteiger partial charge in [0.2, 0.25) is 0 Å². The average Bonchev–Trinajstić information content (AvgIpc) is 2.32. The van der Waals surface area contributed by atoms with Gasteiger partial charge in [-0.25, -0.2) is 4.79 Å². The SMILES string of the molecule is CC1(C)COC(=O)N[C@H]1c1cccc(OC(F)F)c1.Cl. The van der Waals surface area contributed by atoms with E-state index in [1.807, 2.05) is 13.8 Å². The highest BCUT2D eigenvalue weighted by atomic mass is 35.5. The predicted octanol–water partition coefficient (Wildman–Crippen LogP) is 3.52. The first-order valence-corrected chi connectivity index (χ1v) is 5.86. The molecule has 0 unspecified atom stereocenters. The van der Waals surface area contributed by atoms with E-state index in [1.54, 1.807) is 12.1 Å². The quantitative estimate of drug-likeness (QED) is 0.929. The fraction of sp³-hybridized carbons (Fsp3) is 0.462. The summed E-state index contributed by atoms with van der Waals surface area (Å²) in [6, 6.07) is 6.02. The molecule has 1 N–H and O–H groups in total. The Morgan fingerprint density at radius 3 is 2.80 bits per heavy atom. The number of hydrogen-bond donors (Lipinski definition) is 1. The van der Waals surface area contributed by atoms with E-state index in [-0.39, 0.29) is 36.2 Å². The smallest absolute Gasteiger partial charge is 0.407 e. The van der Waals surface area contributed by atoms with Gasteiger partial charge < -0.3 is 14.8 Å². The van der Waals surface area contributed by atoms with Crippen molar-refractivity contribution in [2.75, 3.05) is 6.61 Å². The minimum Gasteiger partial charge on any atom is -0.449 e. The Morgan fingerprint density at radius 1 is 1.45 bits per heavy atom. The molecule has 20 heavy (non-hydrogen) atoms. The molecular formula is C13H16ClF2NO3. The van der Waals surface area contributed by atoms with Crippen LogP contribution in [0.5, 0.6) is 5.75 Å². The zero-order valence-electron chi connectivity index (χ0n) is 11.1. The minimum absolute atomic E-state index is 0. The molecule has 0 aromatic heterocycles. The van der Waals surface area contributed by atoms with E-state index in [0.717, 1.165) is 0 Å². The number of ether oxygens (including phenoxy) is 2. The normalized spacial score (nSPS) is 20.6. The third-order valence-corrected chi connectivity index (χ3v) is 3.04. The highest BCUT2D eigenvalue weighted by Crippen LogP contribution is 2.37. The van der Waals surface area contributed by atoms with Crippen molar-refractivity contribution in [2.45, 2.75) is 26.5 Å². The zero-order chi connectivity index (χ0) is 14.0. The molecule has 0 aliphatic carbocycles. The molecule has 112 valence electrons. The first-order chi connectivity index (χ1) is 8.88. The molecule has 1 saturated heterocycles. The number of carbonyl (C=O) groups excluding carboxylic acids is 1.